The van der Waals surface area contributed by atoms with Crippen molar-refractivity contribution in [2.75, 3.05) is 6.54 Å². The van der Waals surface area contributed by atoms with Gasteiger partial charge in [-0.15, -0.1) is 11.8 Å². The quantitative estimate of drug-likeness (QED) is 0.724. The van der Waals surface area contributed by atoms with Crippen LogP contribution in [0.25, 0.3) is 0 Å². The van der Waals surface area contributed by atoms with Crippen LogP contribution in [0.5, 0.6) is 0 Å². The summed E-state index contributed by atoms with van der Waals surface area (Å²) in [7, 11) is 0. The zero-order chi connectivity index (χ0) is 14.4. The Morgan fingerprint density at radius 3 is 2.65 bits per heavy atom. The monoisotopic (exact) mass is 292 g/mol. The van der Waals surface area contributed by atoms with Crippen molar-refractivity contribution in [1.82, 2.24) is 10.6 Å². The first-order chi connectivity index (χ1) is 9.69. The van der Waals surface area contributed by atoms with E-state index in [2.05, 4.69) is 41.8 Å². The molecule has 0 spiro atoms. The van der Waals surface area contributed by atoms with Crippen LogP contribution in [0, 0.1) is 0 Å². The van der Waals surface area contributed by atoms with Gasteiger partial charge in [-0.25, -0.2) is 0 Å². The van der Waals surface area contributed by atoms with Crippen LogP contribution >= 0.6 is 11.8 Å². The van der Waals surface area contributed by atoms with Crippen molar-refractivity contribution in [1.29, 1.82) is 0 Å². The number of thioether (sulfide) groups is 1. The summed E-state index contributed by atoms with van der Waals surface area (Å²) in [6, 6.07) is 9.25. The topological polar surface area (TPSA) is 41.1 Å². The van der Waals surface area contributed by atoms with E-state index in [9.17, 15) is 4.79 Å². The van der Waals surface area contributed by atoms with Crippen molar-refractivity contribution >= 4 is 17.7 Å². The molecule has 3 nitrogen and oxygen atoms in total. The number of nitrogens with one attached hydrogen (secondary N) is 2. The summed E-state index contributed by atoms with van der Waals surface area (Å²) in [6.45, 7) is 5.72. The van der Waals surface area contributed by atoms with Crippen molar-refractivity contribution in [3.8, 4) is 0 Å². The predicted molar refractivity (Wildman–Crippen MR) is 84.9 cm³/mol. The molecule has 1 fully saturated rings. The number of amides is 1. The van der Waals surface area contributed by atoms with Gasteiger partial charge in [0.2, 0.25) is 5.91 Å². The van der Waals surface area contributed by atoms with Gasteiger partial charge in [-0.05, 0) is 43.9 Å². The highest BCUT2D eigenvalue weighted by atomic mass is 32.2. The van der Waals surface area contributed by atoms with E-state index >= 15 is 0 Å². The fourth-order valence-corrected chi connectivity index (χ4v) is 2.78. The van der Waals surface area contributed by atoms with E-state index in [0.29, 0.717) is 0 Å². The van der Waals surface area contributed by atoms with Gasteiger partial charge in [0.25, 0.3) is 0 Å². The molecule has 1 aliphatic rings. The summed E-state index contributed by atoms with van der Waals surface area (Å²) < 4.78 is 0. The lowest BCUT2D eigenvalue weighted by Gasteiger charge is -2.12. The zero-order valence-corrected chi connectivity index (χ0v) is 13.1. The summed E-state index contributed by atoms with van der Waals surface area (Å²) >= 11 is 1.62. The molecule has 0 aromatic heterocycles. The highest BCUT2D eigenvalue weighted by Gasteiger charge is 2.19. The molecule has 1 amide bonds. The Labute approximate surface area is 125 Å². The van der Waals surface area contributed by atoms with Gasteiger partial charge in [0.1, 0.15) is 0 Å². The van der Waals surface area contributed by atoms with Crippen molar-refractivity contribution < 1.29 is 4.79 Å². The second-order valence-electron chi connectivity index (χ2n) is 5.35. The molecule has 1 saturated carbocycles. The summed E-state index contributed by atoms with van der Waals surface area (Å²) in [5, 5.41) is 6.39. The summed E-state index contributed by atoms with van der Waals surface area (Å²) in [4.78, 5) is 13.0. The average molecular weight is 292 g/mol. The van der Waals surface area contributed by atoms with Gasteiger partial charge in [0.05, 0.1) is 5.25 Å². The van der Waals surface area contributed by atoms with Gasteiger partial charge in [0, 0.05) is 24.0 Å². The molecular formula is C16H24N2OS. The fourth-order valence-electron chi connectivity index (χ4n) is 1.89. The van der Waals surface area contributed by atoms with Crippen LogP contribution in [-0.2, 0) is 11.3 Å². The Kier molecular flexibility index (Phi) is 5.92. The third kappa shape index (κ3) is 5.17. The fraction of sp³-hybridized carbons (Fsp3) is 0.562. The highest BCUT2D eigenvalue weighted by molar-refractivity contribution is 8.00. The number of carbonyl (C=O) groups is 1. The highest BCUT2D eigenvalue weighted by Crippen LogP contribution is 2.24. The third-order valence-electron chi connectivity index (χ3n) is 3.33. The first-order valence-electron chi connectivity index (χ1n) is 7.45. The minimum Gasteiger partial charge on any atom is -0.355 e. The Balaban J connectivity index is 1.78. The van der Waals surface area contributed by atoms with E-state index in [1.54, 1.807) is 11.8 Å². The molecule has 1 aromatic rings. The van der Waals surface area contributed by atoms with Gasteiger partial charge in [-0.2, -0.15) is 0 Å². The predicted octanol–water partition coefficient (Wildman–Crippen LogP) is 2.95. The third-order valence-corrected chi connectivity index (χ3v) is 4.44. The van der Waals surface area contributed by atoms with Gasteiger partial charge in [-0.1, -0.05) is 19.1 Å². The molecule has 4 heteroatoms. The molecule has 0 aliphatic heterocycles. The SMILES string of the molecule is CCCNC(=O)C(C)Sc1ccc(CNC2CC2)cc1. The molecule has 1 unspecified atom stereocenters. The minimum absolute atomic E-state index is 0.0445. The van der Waals surface area contributed by atoms with Crippen molar-refractivity contribution in [2.24, 2.45) is 0 Å². The van der Waals surface area contributed by atoms with E-state index < -0.39 is 0 Å². The molecule has 0 bridgehead atoms. The molecule has 20 heavy (non-hydrogen) atoms. The maximum absolute atomic E-state index is 11.8. The molecule has 2 rings (SSSR count). The first kappa shape index (κ1) is 15.4. The second-order valence-corrected chi connectivity index (χ2v) is 6.76. The molecule has 1 aromatic carbocycles. The van der Waals surface area contributed by atoms with Crippen LogP contribution in [0.15, 0.2) is 29.2 Å². The van der Waals surface area contributed by atoms with Gasteiger partial charge in [-0.3, -0.25) is 4.79 Å². The maximum atomic E-state index is 11.8. The molecule has 0 saturated heterocycles. The Bertz CT molecular complexity index is 429. The van der Waals surface area contributed by atoms with Crippen LogP contribution in [0.3, 0.4) is 0 Å². The number of hydrogen-bond acceptors (Lipinski definition) is 3. The zero-order valence-electron chi connectivity index (χ0n) is 12.3. The van der Waals surface area contributed by atoms with Crippen LogP contribution in [-0.4, -0.2) is 23.7 Å². The Hall–Kier alpha value is -1.00. The smallest absolute Gasteiger partial charge is 0.233 e. The normalized spacial score (nSPS) is 15.9. The lowest BCUT2D eigenvalue weighted by molar-refractivity contribution is -0.120. The summed E-state index contributed by atoms with van der Waals surface area (Å²) in [6.07, 6.45) is 3.61. The Morgan fingerprint density at radius 1 is 1.35 bits per heavy atom. The standard InChI is InChI=1S/C16H24N2OS/c1-3-10-17-16(19)12(2)20-15-8-4-13(5-9-15)11-18-14-6-7-14/h4-5,8-9,12,14,18H,3,6-7,10-11H2,1-2H3,(H,17,19). The summed E-state index contributed by atoms with van der Waals surface area (Å²) in [5.41, 5.74) is 1.31. The van der Waals surface area contributed by atoms with Crippen LogP contribution < -0.4 is 10.6 Å². The van der Waals surface area contributed by atoms with Crippen LogP contribution in [0.2, 0.25) is 0 Å². The minimum atomic E-state index is -0.0445. The molecule has 1 atom stereocenters. The summed E-state index contributed by atoms with van der Waals surface area (Å²) in [5.74, 6) is 0.122. The lowest BCUT2D eigenvalue weighted by Crippen LogP contribution is -2.31. The van der Waals surface area contributed by atoms with Crippen LogP contribution in [0.4, 0.5) is 0 Å². The largest absolute Gasteiger partial charge is 0.355 e. The van der Waals surface area contributed by atoms with E-state index in [0.717, 1.165) is 30.4 Å². The van der Waals surface area contributed by atoms with Crippen LogP contribution in [0.1, 0.15) is 38.7 Å². The molecule has 110 valence electrons. The second kappa shape index (κ2) is 7.70. The average Bonchev–Trinajstić information content (AvgIpc) is 3.28. The van der Waals surface area contributed by atoms with Crippen molar-refractivity contribution in [3.63, 3.8) is 0 Å². The van der Waals surface area contributed by atoms with E-state index in [-0.39, 0.29) is 11.2 Å². The molecule has 0 heterocycles. The number of hydrogen-bond donors (Lipinski definition) is 2. The number of rotatable bonds is 8. The number of carbonyl (C=O) groups excluding carboxylic acids is 1. The molecular weight excluding hydrogens is 268 g/mol. The lowest BCUT2D eigenvalue weighted by atomic mass is 10.2. The molecule has 0 radical (unpaired) electrons. The van der Waals surface area contributed by atoms with E-state index in [1.807, 2.05) is 6.92 Å². The van der Waals surface area contributed by atoms with E-state index in [4.69, 9.17) is 0 Å². The van der Waals surface area contributed by atoms with Gasteiger partial charge < -0.3 is 10.6 Å². The van der Waals surface area contributed by atoms with Crippen molar-refractivity contribution in [3.05, 3.63) is 29.8 Å². The molecule has 1 aliphatic carbocycles. The maximum Gasteiger partial charge on any atom is 0.233 e. The van der Waals surface area contributed by atoms with Gasteiger partial charge in [0.15, 0.2) is 0 Å². The molecule has 2 N–H and O–H groups in total. The van der Waals surface area contributed by atoms with Gasteiger partial charge >= 0.3 is 0 Å². The van der Waals surface area contributed by atoms with Crippen molar-refractivity contribution in [2.45, 2.75) is 55.8 Å². The number of benzene rings is 1. The first-order valence-corrected chi connectivity index (χ1v) is 8.33. The Morgan fingerprint density at radius 2 is 2.05 bits per heavy atom. The van der Waals surface area contributed by atoms with E-state index in [1.165, 1.54) is 18.4 Å².